The lowest BCUT2D eigenvalue weighted by Gasteiger charge is -2.22. The maximum Gasteiger partial charge on any atom is 0.236 e. The Bertz CT molecular complexity index is 389. The van der Waals surface area contributed by atoms with Crippen LogP contribution in [0.2, 0.25) is 10.0 Å². The molecule has 0 aromatic carbocycles. The monoisotopic (exact) mass is 254 g/mol. The second-order valence-corrected chi connectivity index (χ2v) is 4.82. The Labute approximate surface area is 96.6 Å². The summed E-state index contributed by atoms with van der Waals surface area (Å²) < 4.78 is 26.3. The van der Waals surface area contributed by atoms with E-state index < -0.39 is 22.3 Å². The molecule has 0 spiro atoms. The van der Waals surface area contributed by atoms with Gasteiger partial charge in [0.15, 0.2) is 11.6 Å². The molecule has 0 fully saturated rings. The summed E-state index contributed by atoms with van der Waals surface area (Å²) in [5.41, 5.74) is -0.399. The molecule has 2 nitrogen and oxygen atoms in total. The molecule has 1 N–H and O–H groups in total. The fourth-order valence-electron chi connectivity index (χ4n) is 0.925. The number of hydrogen-bond donors (Lipinski definition) is 1. The number of nitrogens with one attached hydrogen (secondary N) is 1. The van der Waals surface area contributed by atoms with Crippen LogP contribution >= 0.6 is 23.2 Å². The summed E-state index contributed by atoms with van der Waals surface area (Å²) in [4.78, 5) is 3.44. The normalized spacial score (nSPS) is 11.7. The molecular weight excluding hydrogens is 245 g/mol. The molecule has 1 aromatic heterocycles. The number of rotatable bonds is 1. The molecule has 1 aromatic rings. The molecule has 84 valence electrons. The van der Waals surface area contributed by atoms with Crippen LogP contribution in [0.5, 0.6) is 0 Å². The van der Waals surface area contributed by atoms with Crippen molar-refractivity contribution in [1.82, 2.24) is 4.98 Å². The zero-order valence-electron chi connectivity index (χ0n) is 8.46. The van der Waals surface area contributed by atoms with Crippen LogP contribution in [-0.2, 0) is 0 Å². The summed E-state index contributed by atoms with van der Waals surface area (Å²) in [6.07, 6.45) is 0. The Balaban J connectivity index is 3.21. The zero-order chi connectivity index (χ0) is 11.8. The summed E-state index contributed by atoms with van der Waals surface area (Å²) in [5.74, 6) is -2.13. The van der Waals surface area contributed by atoms with Crippen molar-refractivity contribution in [2.75, 3.05) is 5.32 Å². The van der Waals surface area contributed by atoms with Crippen molar-refractivity contribution in [2.45, 2.75) is 26.3 Å². The third-order valence-corrected chi connectivity index (χ3v) is 2.14. The highest BCUT2D eigenvalue weighted by Crippen LogP contribution is 2.31. The third kappa shape index (κ3) is 2.92. The van der Waals surface area contributed by atoms with E-state index in [1.54, 1.807) is 0 Å². The van der Waals surface area contributed by atoms with Gasteiger partial charge in [0.2, 0.25) is 5.95 Å². The number of pyridine rings is 1. The van der Waals surface area contributed by atoms with Gasteiger partial charge in [0, 0.05) is 5.54 Å². The average molecular weight is 255 g/mol. The molecule has 0 aliphatic rings. The van der Waals surface area contributed by atoms with E-state index in [0.717, 1.165) is 0 Å². The Kier molecular flexibility index (Phi) is 3.41. The van der Waals surface area contributed by atoms with Crippen LogP contribution in [0.4, 0.5) is 14.6 Å². The van der Waals surface area contributed by atoms with E-state index in [2.05, 4.69) is 10.3 Å². The lowest BCUT2D eigenvalue weighted by molar-refractivity contribution is 0.549. The minimum atomic E-state index is -1.08. The predicted octanol–water partition coefficient (Wildman–Crippen LogP) is 3.88. The molecule has 0 aliphatic heterocycles. The van der Waals surface area contributed by atoms with Gasteiger partial charge in [0.25, 0.3) is 0 Å². The van der Waals surface area contributed by atoms with Crippen LogP contribution in [0.1, 0.15) is 20.8 Å². The van der Waals surface area contributed by atoms with Gasteiger partial charge in [-0.2, -0.15) is 9.37 Å². The third-order valence-electron chi connectivity index (χ3n) is 1.48. The van der Waals surface area contributed by atoms with Crippen LogP contribution in [0.3, 0.4) is 0 Å². The Hall–Kier alpha value is -0.610. The molecule has 0 bridgehead atoms. The number of nitrogens with zero attached hydrogens (tertiary/aromatic N) is 1. The molecule has 6 heteroatoms. The summed E-state index contributed by atoms with van der Waals surface area (Å²) in [5, 5.41) is 1.77. The fourth-order valence-corrected chi connectivity index (χ4v) is 1.29. The van der Waals surface area contributed by atoms with Gasteiger partial charge in [-0.25, -0.2) is 4.39 Å². The van der Waals surface area contributed by atoms with Crippen LogP contribution < -0.4 is 5.32 Å². The molecule has 1 rings (SSSR count). The molecular formula is C9H10Cl2F2N2. The Morgan fingerprint density at radius 2 is 1.67 bits per heavy atom. The van der Waals surface area contributed by atoms with Crippen molar-refractivity contribution >= 4 is 29.0 Å². The van der Waals surface area contributed by atoms with Crippen molar-refractivity contribution in [3.05, 3.63) is 21.8 Å². The largest absolute Gasteiger partial charge is 0.364 e. The summed E-state index contributed by atoms with van der Waals surface area (Å²) in [7, 11) is 0. The molecule has 0 atom stereocenters. The minimum Gasteiger partial charge on any atom is -0.364 e. The predicted molar refractivity (Wildman–Crippen MR) is 57.5 cm³/mol. The first-order valence-electron chi connectivity index (χ1n) is 4.20. The van der Waals surface area contributed by atoms with E-state index in [4.69, 9.17) is 23.2 Å². The van der Waals surface area contributed by atoms with E-state index in [-0.39, 0.29) is 10.8 Å². The van der Waals surface area contributed by atoms with E-state index >= 15 is 0 Å². The Morgan fingerprint density at radius 1 is 1.13 bits per heavy atom. The first-order valence-corrected chi connectivity index (χ1v) is 4.96. The average Bonchev–Trinajstić information content (AvgIpc) is 2.08. The topological polar surface area (TPSA) is 24.9 Å². The van der Waals surface area contributed by atoms with Gasteiger partial charge < -0.3 is 5.32 Å². The number of hydrogen-bond acceptors (Lipinski definition) is 2. The minimum absolute atomic E-state index is 0.0523. The highest BCUT2D eigenvalue weighted by atomic mass is 35.5. The van der Waals surface area contributed by atoms with Crippen LogP contribution in [0.25, 0.3) is 0 Å². The molecule has 0 amide bonds. The lowest BCUT2D eigenvalue weighted by Crippen LogP contribution is -2.27. The van der Waals surface area contributed by atoms with Crippen molar-refractivity contribution in [3.63, 3.8) is 0 Å². The van der Waals surface area contributed by atoms with Gasteiger partial charge >= 0.3 is 0 Å². The molecule has 0 saturated heterocycles. The van der Waals surface area contributed by atoms with E-state index in [1.165, 1.54) is 0 Å². The highest BCUT2D eigenvalue weighted by Gasteiger charge is 2.20. The van der Waals surface area contributed by atoms with Crippen LogP contribution in [0, 0.1) is 11.8 Å². The van der Waals surface area contributed by atoms with Gasteiger partial charge in [-0.15, -0.1) is 0 Å². The standard InChI is InChI=1S/C9H10Cl2F2N2/c1-9(2,3)15-8-5(11)6(12)4(10)7(13)14-8/h1-3H3,(H,14,15). The van der Waals surface area contributed by atoms with E-state index in [0.29, 0.717) is 0 Å². The first kappa shape index (κ1) is 12.5. The molecule has 1 heterocycles. The van der Waals surface area contributed by atoms with Gasteiger partial charge in [0.1, 0.15) is 10.0 Å². The lowest BCUT2D eigenvalue weighted by atomic mass is 10.1. The number of aromatic nitrogens is 1. The molecule has 0 aliphatic carbocycles. The van der Waals surface area contributed by atoms with Crippen molar-refractivity contribution < 1.29 is 8.78 Å². The van der Waals surface area contributed by atoms with Gasteiger partial charge in [-0.3, -0.25) is 0 Å². The van der Waals surface area contributed by atoms with Gasteiger partial charge in [-0.05, 0) is 20.8 Å². The van der Waals surface area contributed by atoms with Gasteiger partial charge in [-0.1, -0.05) is 23.2 Å². The van der Waals surface area contributed by atoms with Crippen molar-refractivity contribution in [1.29, 1.82) is 0 Å². The van der Waals surface area contributed by atoms with E-state index in [9.17, 15) is 8.78 Å². The number of anilines is 1. The fraction of sp³-hybridized carbons (Fsp3) is 0.444. The second kappa shape index (κ2) is 4.10. The smallest absolute Gasteiger partial charge is 0.236 e. The summed E-state index contributed by atoms with van der Waals surface area (Å²) >= 11 is 10.9. The molecule has 0 radical (unpaired) electrons. The van der Waals surface area contributed by atoms with Crippen molar-refractivity contribution in [3.8, 4) is 0 Å². The zero-order valence-corrected chi connectivity index (χ0v) is 9.97. The Morgan fingerprint density at radius 3 is 2.13 bits per heavy atom. The first-order chi connectivity index (χ1) is 6.72. The SMILES string of the molecule is CC(C)(C)Nc1nc(F)c(Cl)c(F)c1Cl. The summed E-state index contributed by atoms with van der Waals surface area (Å²) in [6, 6.07) is 0. The quantitative estimate of drug-likeness (QED) is 0.770. The molecule has 0 saturated carbocycles. The second-order valence-electron chi connectivity index (χ2n) is 4.07. The van der Waals surface area contributed by atoms with E-state index in [1.807, 2.05) is 20.8 Å². The summed E-state index contributed by atoms with van der Waals surface area (Å²) in [6.45, 7) is 5.44. The van der Waals surface area contributed by atoms with Crippen LogP contribution in [-0.4, -0.2) is 10.5 Å². The maximum absolute atomic E-state index is 13.2. The number of halogens is 4. The molecule has 0 unspecified atom stereocenters. The van der Waals surface area contributed by atoms with Crippen molar-refractivity contribution in [2.24, 2.45) is 0 Å². The van der Waals surface area contributed by atoms with Crippen LogP contribution in [0.15, 0.2) is 0 Å². The highest BCUT2D eigenvalue weighted by molar-refractivity contribution is 6.36. The maximum atomic E-state index is 13.2. The van der Waals surface area contributed by atoms with Gasteiger partial charge in [0.05, 0.1) is 0 Å². The molecule has 15 heavy (non-hydrogen) atoms.